The number of fused-ring (bicyclic) bond motifs is 2. The van der Waals surface area contributed by atoms with Crippen molar-refractivity contribution in [2.45, 2.75) is 19.1 Å². The fourth-order valence-corrected chi connectivity index (χ4v) is 2.69. The number of hydrogen-bond donors (Lipinski definition) is 2. The van der Waals surface area contributed by atoms with E-state index in [9.17, 15) is 13.2 Å². The van der Waals surface area contributed by atoms with E-state index < -0.39 is 12.2 Å². The maximum absolute atomic E-state index is 12.7. The van der Waals surface area contributed by atoms with Gasteiger partial charge in [-0.15, -0.1) is 5.10 Å². The molecule has 0 radical (unpaired) electrons. The van der Waals surface area contributed by atoms with Crippen LogP contribution in [0.5, 0.6) is 0 Å². The first kappa shape index (κ1) is 16.3. The first-order valence-electron chi connectivity index (χ1n) is 7.80. The van der Waals surface area contributed by atoms with Crippen LogP contribution in [0.4, 0.5) is 19.1 Å². The standard InChI is InChI=1S/C16H14F3N7/c1-8(16(17,18)19)22-15-21-7-11-10(6-20-14(11)23-15)9-3-4-12-13(5-9)26(2)25-24-12/h3-8H,1-2H3,(H2,20,21,22,23)/t8-/m0/s1. The molecule has 2 N–H and O–H groups in total. The second kappa shape index (κ2) is 5.68. The topological polar surface area (TPSA) is 84.3 Å². The quantitative estimate of drug-likeness (QED) is 0.585. The summed E-state index contributed by atoms with van der Waals surface area (Å²) in [6.07, 6.45) is -1.11. The van der Waals surface area contributed by atoms with E-state index in [-0.39, 0.29) is 5.95 Å². The molecule has 7 nitrogen and oxygen atoms in total. The van der Waals surface area contributed by atoms with Gasteiger partial charge in [0.1, 0.15) is 17.2 Å². The summed E-state index contributed by atoms with van der Waals surface area (Å²) in [5.41, 5.74) is 3.85. The maximum atomic E-state index is 12.7. The summed E-state index contributed by atoms with van der Waals surface area (Å²) in [6, 6.07) is 3.96. The van der Waals surface area contributed by atoms with Crippen molar-refractivity contribution >= 4 is 28.0 Å². The molecule has 0 spiro atoms. The van der Waals surface area contributed by atoms with E-state index in [1.54, 1.807) is 17.9 Å². The van der Waals surface area contributed by atoms with Gasteiger partial charge in [-0.3, -0.25) is 0 Å². The van der Waals surface area contributed by atoms with Gasteiger partial charge in [0, 0.05) is 30.4 Å². The smallest absolute Gasteiger partial charge is 0.345 e. The number of aromatic amines is 1. The predicted octanol–water partition coefficient (Wildman–Crippen LogP) is 3.27. The highest BCUT2D eigenvalue weighted by atomic mass is 19.4. The van der Waals surface area contributed by atoms with Gasteiger partial charge in [0.15, 0.2) is 0 Å². The van der Waals surface area contributed by atoms with E-state index in [0.29, 0.717) is 11.0 Å². The minimum Gasteiger partial charge on any atom is -0.345 e. The zero-order valence-corrected chi connectivity index (χ0v) is 13.8. The molecule has 0 fully saturated rings. The third-order valence-electron chi connectivity index (χ3n) is 4.19. The molecule has 4 aromatic rings. The Morgan fingerprint density at radius 1 is 1.27 bits per heavy atom. The second-order valence-electron chi connectivity index (χ2n) is 5.98. The molecule has 4 rings (SSSR count). The number of hydrogen-bond acceptors (Lipinski definition) is 5. The largest absolute Gasteiger partial charge is 0.408 e. The lowest BCUT2D eigenvalue weighted by atomic mass is 10.1. The van der Waals surface area contributed by atoms with Crippen molar-refractivity contribution in [3.63, 3.8) is 0 Å². The number of alkyl halides is 3. The predicted molar refractivity (Wildman–Crippen MR) is 90.5 cm³/mol. The summed E-state index contributed by atoms with van der Waals surface area (Å²) in [5, 5.41) is 11.0. The Kier molecular flexibility index (Phi) is 3.56. The fraction of sp³-hybridized carbons (Fsp3) is 0.250. The lowest BCUT2D eigenvalue weighted by molar-refractivity contribution is -0.138. The van der Waals surface area contributed by atoms with Gasteiger partial charge in [-0.25, -0.2) is 9.67 Å². The molecule has 0 aliphatic rings. The molecule has 1 atom stereocenters. The highest BCUT2D eigenvalue weighted by Crippen LogP contribution is 2.30. The van der Waals surface area contributed by atoms with E-state index in [1.165, 1.54) is 6.20 Å². The lowest BCUT2D eigenvalue weighted by Crippen LogP contribution is -2.33. The van der Waals surface area contributed by atoms with Gasteiger partial charge in [-0.05, 0) is 24.6 Å². The molecule has 1 aromatic carbocycles. The monoisotopic (exact) mass is 361 g/mol. The summed E-state index contributed by atoms with van der Waals surface area (Å²) in [7, 11) is 1.80. The molecular formula is C16H14F3N7. The van der Waals surface area contributed by atoms with Gasteiger partial charge in [0.2, 0.25) is 5.95 Å². The van der Waals surface area contributed by atoms with Crippen molar-refractivity contribution in [1.29, 1.82) is 0 Å². The van der Waals surface area contributed by atoms with Crippen molar-refractivity contribution in [3.05, 3.63) is 30.6 Å². The zero-order valence-electron chi connectivity index (χ0n) is 13.8. The lowest BCUT2D eigenvalue weighted by Gasteiger charge is -2.16. The molecule has 10 heteroatoms. The summed E-state index contributed by atoms with van der Waals surface area (Å²) in [5.74, 6) is -0.0815. The molecule has 0 bridgehead atoms. The van der Waals surface area contributed by atoms with E-state index >= 15 is 0 Å². The average Bonchev–Trinajstić information content (AvgIpc) is 3.17. The van der Waals surface area contributed by atoms with E-state index in [4.69, 9.17) is 0 Å². The van der Waals surface area contributed by atoms with Crippen LogP contribution in [-0.2, 0) is 7.05 Å². The van der Waals surface area contributed by atoms with Crippen molar-refractivity contribution in [2.24, 2.45) is 7.05 Å². The summed E-state index contributed by atoms with van der Waals surface area (Å²) in [4.78, 5) is 11.1. The number of aryl methyl sites for hydroxylation is 1. The molecule has 0 saturated heterocycles. The molecule has 0 amide bonds. The Balaban J connectivity index is 1.71. The van der Waals surface area contributed by atoms with E-state index in [1.807, 2.05) is 18.2 Å². The molecule has 26 heavy (non-hydrogen) atoms. The highest BCUT2D eigenvalue weighted by molar-refractivity contribution is 5.95. The average molecular weight is 361 g/mol. The van der Waals surface area contributed by atoms with Crippen LogP contribution in [0.3, 0.4) is 0 Å². The Bertz CT molecular complexity index is 1100. The summed E-state index contributed by atoms with van der Waals surface area (Å²) in [6.45, 7) is 1.02. The van der Waals surface area contributed by atoms with Gasteiger partial charge in [0.25, 0.3) is 0 Å². The number of H-pyrrole nitrogens is 1. The Morgan fingerprint density at radius 3 is 2.85 bits per heavy atom. The van der Waals surface area contributed by atoms with Crippen LogP contribution >= 0.6 is 0 Å². The Hall–Kier alpha value is -3.17. The highest BCUT2D eigenvalue weighted by Gasteiger charge is 2.36. The third kappa shape index (κ3) is 2.72. The van der Waals surface area contributed by atoms with Crippen molar-refractivity contribution in [1.82, 2.24) is 29.9 Å². The van der Waals surface area contributed by atoms with Crippen molar-refractivity contribution in [3.8, 4) is 11.1 Å². The van der Waals surface area contributed by atoms with E-state index in [0.717, 1.165) is 29.1 Å². The van der Waals surface area contributed by atoms with Crippen LogP contribution in [0.1, 0.15) is 6.92 Å². The molecule has 0 unspecified atom stereocenters. The van der Waals surface area contributed by atoms with Crippen LogP contribution in [0, 0.1) is 0 Å². The summed E-state index contributed by atoms with van der Waals surface area (Å²) >= 11 is 0. The molecule has 0 saturated carbocycles. The number of anilines is 1. The molecule has 3 aromatic heterocycles. The van der Waals surface area contributed by atoms with Crippen LogP contribution in [0.15, 0.2) is 30.6 Å². The van der Waals surface area contributed by atoms with Gasteiger partial charge < -0.3 is 10.3 Å². The maximum Gasteiger partial charge on any atom is 0.408 e. The van der Waals surface area contributed by atoms with Gasteiger partial charge in [-0.1, -0.05) is 11.3 Å². The second-order valence-corrected chi connectivity index (χ2v) is 5.98. The molecule has 0 aliphatic carbocycles. The number of rotatable bonds is 3. The van der Waals surface area contributed by atoms with Crippen LogP contribution < -0.4 is 5.32 Å². The van der Waals surface area contributed by atoms with Gasteiger partial charge in [-0.2, -0.15) is 18.2 Å². The Morgan fingerprint density at radius 2 is 2.08 bits per heavy atom. The van der Waals surface area contributed by atoms with Crippen LogP contribution in [0.2, 0.25) is 0 Å². The number of benzene rings is 1. The van der Waals surface area contributed by atoms with Crippen molar-refractivity contribution in [2.75, 3.05) is 5.32 Å². The molecule has 3 heterocycles. The molecular weight excluding hydrogens is 347 g/mol. The fourth-order valence-electron chi connectivity index (χ4n) is 2.69. The van der Waals surface area contributed by atoms with Crippen LogP contribution in [0.25, 0.3) is 33.2 Å². The van der Waals surface area contributed by atoms with Crippen LogP contribution in [-0.4, -0.2) is 42.2 Å². The number of nitrogens with zero attached hydrogens (tertiary/aromatic N) is 5. The molecule has 0 aliphatic heterocycles. The first-order chi connectivity index (χ1) is 12.3. The minimum atomic E-state index is -4.37. The number of aromatic nitrogens is 6. The normalized spacial score (nSPS) is 13.4. The van der Waals surface area contributed by atoms with Gasteiger partial charge in [0.05, 0.1) is 5.52 Å². The summed E-state index contributed by atoms with van der Waals surface area (Å²) < 4.78 is 39.7. The van der Waals surface area contributed by atoms with Crippen molar-refractivity contribution < 1.29 is 13.2 Å². The number of halogens is 3. The SMILES string of the molecule is C[C@H](Nc1ncc2c(-c3ccc4nnn(C)c4c3)c[nH]c2n1)C(F)(F)F. The minimum absolute atomic E-state index is 0.0815. The third-order valence-corrected chi connectivity index (χ3v) is 4.19. The number of nitrogens with one attached hydrogen (secondary N) is 2. The van der Waals surface area contributed by atoms with E-state index in [2.05, 4.69) is 30.6 Å². The zero-order chi connectivity index (χ0) is 18.5. The Labute approximate surface area is 145 Å². The van der Waals surface area contributed by atoms with Gasteiger partial charge >= 0.3 is 6.18 Å². The molecule has 134 valence electrons. The first-order valence-corrected chi connectivity index (χ1v) is 7.80.